The maximum Gasteiger partial charge on any atom is 0.436 e. The number of pyridine rings is 1. The standard InChI is InChI=1S/C16H17Cl2N3O5/c1-9-14(19-12-4-3-10(17)7-11(12)18)13(8-21(2)15(9)23)26-16(24)20-25-6-5-22/h3-4,7-8,19,22H,5-6H2,1-2H3,(H,20,24). The zero-order chi connectivity index (χ0) is 19.3. The lowest BCUT2D eigenvalue weighted by Gasteiger charge is -2.17. The number of aryl methyl sites for hydroxylation is 1. The van der Waals surface area contributed by atoms with E-state index in [1.807, 2.05) is 5.48 Å². The fraction of sp³-hybridized carbons (Fsp3) is 0.250. The van der Waals surface area contributed by atoms with Crippen molar-refractivity contribution in [1.29, 1.82) is 0 Å². The summed E-state index contributed by atoms with van der Waals surface area (Å²) in [6, 6.07) is 4.80. The van der Waals surface area contributed by atoms with Gasteiger partial charge in [-0.05, 0) is 25.1 Å². The van der Waals surface area contributed by atoms with Crippen molar-refractivity contribution in [3.8, 4) is 5.75 Å². The number of ether oxygens (including phenoxy) is 1. The van der Waals surface area contributed by atoms with Crippen LogP contribution in [0.3, 0.4) is 0 Å². The van der Waals surface area contributed by atoms with Gasteiger partial charge in [-0.3, -0.25) is 9.63 Å². The molecule has 0 unspecified atom stereocenters. The second-order valence-electron chi connectivity index (χ2n) is 5.22. The first kappa shape index (κ1) is 20.1. The summed E-state index contributed by atoms with van der Waals surface area (Å²) in [5.74, 6) is 0.0840. The monoisotopic (exact) mass is 401 g/mol. The summed E-state index contributed by atoms with van der Waals surface area (Å²) >= 11 is 12.0. The van der Waals surface area contributed by atoms with Crippen molar-refractivity contribution in [3.05, 3.63) is 50.4 Å². The number of benzene rings is 1. The van der Waals surface area contributed by atoms with Gasteiger partial charge >= 0.3 is 6.09 Å². The van der Waals surface area contributed by atoms with Crippen LogP contribution in [0.2, 0.25) is 10.0 Å². The second kappa shape index (κ2) is 8.91. The highest BCUT2D eigenvalue weighted by atomic mass is 35.5. The fourth-order valence-electron chi connectivity index (χ4n) is 2.09. The number of hydroxylamine groups is 1. The van der Waals surface area contributed by atoms with Crippen molar-refractivity contribution in [2.75, 3.05) is 18.5 Å². The molecule has 8 nitrogen and oxygen atoms in total. The van der Waals surface area contributed by atoms with Crippen LogP contribution in [0.15, 0.2) is 29.2 Å². The molecule has 1 aromatic heterocycles. The number of halogens is 2. The molecule has 140 valence electrons. The summed E-state index contributed by atoms with van der Waals surface area (Å²) in [5.41, 5.74) is 2.81. The first-order valence-corrected chi connectivity index (χ1v) is 8.22. The van der Waals surface area contributed by atoms with Gasteiger partial charge in [0.1, 0.15) is 0 Å². The molecule has 0 fully saturated rings. The van der Waals surface area contributed by atoms with Gasteiger partial charge in [-0.2, -0.15) is 5.48 Å². The average Bonchev–Trinajstić information content (AvgIpc) is 2.58. The molecule has 3 N–H and O–H groups in total. The smallest absolute Gasteiger partial charge is 0.405 e. The fourth-order valence-corrected chi connectivity index (χ4v) is 2.55. The Morgan fingerprint density at radius 3 is 2.73 bits per heavy atom. The van der Waals surface area contributed by atoms with E-state index in [4.69, 9.17) is 37.9 Å². The molecule has 10 heteroatoms. The molecule has 0 saturated heterocycles. The van der Waals surface area contributed by atoms with Crippen molar-refractivity contribution in [2.24, 2.45) is 7.05 Å². The molecule has 0 aliphatic heterocycles. The van der Waals surface area contributed by atoms with E-state index in [2.05, 4.69) is 5.32 Å². The van der Waals surface area contributed by atoms with Gasteiger partial charge in [0.25, 0.3) is 5.56 Å². The largest absolute Gasteiger partial charge is 0.436 e. The molecule has 0 radical (unpaired) electrons. The van der Waals surface area contributed by atoms with Gasteiger partial charge in [0, 0.05) is 17.6 Å². The minimum Gasteiger partial charge on any atom is -0.405 e. The lowest BCUT2D eigenvalue weighted by Crippen LogP contribution is -2.29. The van der Waals surface area contributed by atoms with Gasteiger partial charge < -0.3 is 19.7 Å². The lowest BCUT2D eigenvalue weighted by molar-refractivity contribution is 0.0246. The topological polar surface area (TPSA) is 102 Å². The Labute approximate surface area is 159 Å². The minimum atomic E-state index is -0.915. The number of aliphatic hydroxyl groups is 1. The molecule has 0 atom stereocenters. The number of amides is 1. The van der Waals surface area contributed by atoms with Crippen LogP contribution in [0.1, 0.15) is 5.56 Å². The molecule has 0 saturated carbocycles. The molecular weight excluding hydrogens is 385 g/mol. The highest BCUT2D eigenvalue weighted by molar-refractivity contribution is 6.36. The third kappa shape index (κ3) is 4.89. The number of nitrogens with one attached hydrogen (secondary N) is 2. The summed E-state index contributed by atoms with van der Waals surface area (Å²) < 4.78 is 6.48. The highest BCUT2D eigenvalue weighted by Gasteiger charge is 2.17. The Balaban J connectivity index is 2.35. The number of carbonyl (C=O) groups is 1. The van der Waals surface area contributed by atoms with E-state index >= 15 is 0 Å². The van der Waals surface area contributed by atoms with Crippen LogP contribution in [0.25, 0.3) is 0 Å². The molecule has 26 heavy (non-hydrogen) atoms. The molecule has 1 aromatic carbocycles. The molecule has 0 bridgehead atoms. The predicted octanol–water partition coefficient (Wildman–Crippen LogP) is 2.76. The first-order chi connectivity index (χ1) is 12.3. The van der Waals surface area contributed by atoms with Gasteiger partial charge in [0.2, 0.25) is 0 Å². The highest BCUT2D eigenvalue weighted by Crippen LogP contribution is 2.33. The van der Waals surface area contributed by atoms with E-state index in [0.717, 1.165) is 0 Å². The number of aliphatic hydroxyl groups excluding tert-OH is 1. The van der Waals surface area contributed by atoms with Crippen molar-refractivity contribution < 1.29 is 19.5 Å². The SMILES string of the molecule is Cc1c(Nc2ccc(Cl)cc2Cl)c(OC(=O)NOCCO)cn(C)c1=O. The van der Waals surface area contributed by atoms with Gasteiger partial charge in [-0.1, -0.05) is 23.2 Å². The normalized spacial score (nSPS) is 10.5. The van der Waals surface area contributed by atoms with Crippen LogP contribution >= 0.6 is 23.2 Å². The van der Waals surface area contributed by atoms with E-state index < -0.39 is 6.09 Å². The Kier molecular flexibility index (Phi) is 6.87. The molecule has 1 heterocycles. The summed E-state index contributed by atoms with van der Waals surface area (Å²) in [5, 5.41) is 12.4. The number of hydrogen-bond acceptors (Lipinski definition) is 6. The Hall–Kier alpha value is -2.26. The maximum atomic E-state index is 12.2. The van der Waals surface area contributed by atoms with Crippen LogP contribution in [0.4, 0.5) is 16.2 Å². The van der Waals surface area contributed by atoms with Crippen molar-refractivity contribution >= 4 is 40.7 Å². The average molecular weight is 402 g/mol. The van der Waals surface area contributed by atoms with E-state index in [9.17, 15) is 9.59 Å². The number of hydrogen-bond donors (Lipinski definition) is 3. The molecule has 2 rings (SSSR count). The number of rotatable bonds is 6. The van der Waals surface area contributed by atoms with E-state index in [-0.39, 0.29) is 30.2 Å². The van der Waals surface area contributed by atoms with Crippen LogP contribution in [-0.2, 0) is 11.9 Å². The minimum absolute atomic E-state index is 0.0840. The quantitative estimate of drug-likeness (QED) is 0.508. The van der Waals surface area contributed by atoms with Crippen molar-refractivity contribution in [2.45, 2.75) is 6.92 Å². The molecule has 0 aliphatic rings. The van der Waals surface area contributed by atoms with Crippen LogP contribution in [0, 0.1) is 6.92 Å². The van der Waals surface area contributed by atoms with Crippen molar-refractivity contribution in [1.82, 2.24) is 10.0 Å². The molecule has 2 aromatic rings. The zero-order valence-electron chi connectivity index (χ0n) is 14.0. The van der Waals surface area contributed by atoms with Crippen LogP contribution in [-0.4, -0.2) is 29.0 Å². The van der Waals surface area contributed by atoms with Gasteiger partial charge in [-0.25, -0.2) is 4.79 Å². The van der Waals surface area contributed by atoms with Gasteiger partial charge in [0.15, 0.2) is 5.75 Å². The number of carbonyl (C=O) groups excluding carboxylic acids is 1. The van der Waals surface area contributed by atoms with Crippen molar-refractivity contribution in [3.63, 3.8) is 0 Å². The molecular formula is C16H17Cl2N3O5. The van der Waals surface area contributed by atoms with Crippen LogP contribution < -0.4 is 21.1 Å². The summed E-state index contributed by atoms with van der Waals surface area (Å²) in [7, 11) is 1.53. The maximum absolute atomic E-state index is 12.2. The summed E-state index contributed by atoms with van der Waals surface area (Å²) in [4.78, 5) is 28.7. The van der Waals surface area contributed by atoms with E-state index in [0.29, 0.717) is 21.3 Å². The molecule has 1 amide bonds. The molecule has 0 aliphatic carbocycles. The Morgan fingerprint density at radius 1 is 1.35 bits per heavy atom. The summed E-state index contributed by atoms with van der Waals surface area (Å²) in [6.45, 7) is 1.23. The summed E-state index contributed by atoms with van der Waals surface area (Å²) in [6.07, 6.45) is 0.439. The Morgan fingerprint density at radius 2 is 2.08 bits per heavy atom. The number of anilines is 2. The zero-order valence-corrected chi connectivity index (χ0v) is 15.5. The lowest BCUT2D eigenvalue weighted by atomic mass is 10.2. The number of nitrogens with zero attached hydrogens (tertiary/aromatic N) is 1. The van der Waals surface area contributed by atoms with Crippen LogP contribution in [0.5, 0.6) is 5.75 Å². The molecule has 0 spiro atoms. The van der Waals surface area contributed by atoms with Gasteiger partial charge in [-0.15, -0.1) is 0 Å². The Bertz CT molecular complexity index is 870. The predicted molar refractivity (Wildman–Crippen MR) is 98.4 cm³/mol. The number of aromatic nitrogens is 1. The van der Waals surface area contributed by atoms with E-state index in [1.165, 1.54) is 23.9 Å². The van der Waals surface area contributed by atoms with E-state index in [1.54, 1.807) is 19.1 Å². The first-order valence-electron chi connectivity index (χ1n) is 7.46. The van der Waals surface area contributed by atoms with Gasteiger partial charge in [0.05, 0.1) is 35.8 Å². The third-order valence-corrected chi connectivity index (χ3v) is 3.86. The second-order valence-corrected chi connectivity index (χ2v) is 6.07. The third-order valence-electron chi connectivity index (χ3n) is 3.32.